The lowest BCUT2D eigenvalue weighted by Gasteiger charge is -2.37. The van der Waals surface area contributed by atoms with Crippen LogP contribution in [-0.2, 0) is 4.79 Å². The summed E-state index contributed by atoms with van der Waals surface area (Å²) >= 11 is 0. The van der Waals surface area contributed by atoms with Crippen LogP contribution in [0.4, 0.5) is 15.8 Å². The van der Waals surface area contributed by atoms with E-state index in [-0.39, 0.29) is 23.3 Å². The predicted octanol–water partition coefficient (Wildman–Crippen LogP) is 2.88. The number of hydrogen-bond acceptors (Lipinski definition) is 3. The second kappa shape index (κ2) is 6.02. The van der Waals surface area contributed by atoms with Gasteiger partial charge in [-0.25, -0.2) is 4.39 Å². The zero-order valence-electron chi connectivity index (χ0n) is 12.9. The van der Waals surface area contributed by atoms with Crippen LogP contribution < -0.4 is 16.0 Å². The number of nitrogens with one attached hydrogen (secondary N) is 1. The first kappa shape index (κ1) is 15.8. The molecule has 0 aromatic heterocycles. The summed E-state index contributed by atoms with van der Waals surface area (Å²) in [6.45, 7) is 3.99. The van der Waals surface area contributed by atoms with Crippen LogP contribution in [0.2, 0.25) is 0 Å². The smallest absolute Gasteiger partial charge is 0.226 e. The van der Waals surface area contributed by atoms with Crippen molar-refractivity contribution in [3.8, 4) is 0 Å². The second-order valence-corrected chi connectivity index (χ2v) is 6.31. The van der Waals surface area contributed by atoms with Crippen molar-refractivity contribution < 1.29 is 9.18 Å². The van der Waals surface area contributed by atoms with Gasteiger partial charge in [-0.05, 0) is 51.3 Å². The van der Waals surface area contributed by atoms with E-state index in [1.807, 2.05) is 25.8 Å². The molecule has 3 N–H and O–H groups in total. The van der Waals surface area contributed by atoms with Crippen molar-refractivity contribution in [1.29, 1.82) is 0 Å². The lowest BCUT2D eigenvalue weighted by molar-refractivity contribution is -0.118. The molecule has 0 radical (unpaired) electrons. The molecule has 0 heterocycles. The van der Waals surface area contributed by atoms with E-state index in [4.69, 9.17) is 5.73 Å². The van der Waals surface area contributed by atoms with Crippen molar-refractivity contribution in [2.75, 3.05) is 17.3 Å². The van der Waals surface area contributed by atoms with Gasteiger partial charge in [-0.15, -0.1) is 0 Å². The largest absolute Gasteiger partial charge is 0.370 e. The Morgan fingerprint density at radius 3 is 2.62 bits per heavy atom. The highest BCUT2D eigenvalue weighted by Crippen LogP contribution is 2.32. The summed E-state index contributed by atoms with van der Waals surface area (Å²) in [5.74, 6) is -0.489. The first-order valence-electron chi connectivity index (χ1n) is 7.42. The Labute approximate surface area is 125 Å². The Morgan fingerprint density at radius 2 is 2.14 bits per heavy atom. The summed E-state index contributed by atoms with van der Waals surface area (Å²) in [6, 6.07) is 4.97. The third kappa shape index (κ3) is 3.73. The number of amides is 1. The van der Waals surface area contributed by atoms with Gasteiger partial charge in [-0.2, -0.15) is 0 Å². The van der Waals surface area contributed by atoms with Crippen molar-refractivity contribution in [3.63, 3.8) is 0 Å². The molecule has 0 bridgehead atoms. The van der Waals surface area contributed by atoms with Crippen molar-refractivity contribution >= 4 is 17.3 Å². The quantitative estimate of drug-likeness (QED) is 0.877. The van der Waals surface area contributed by atoms with Crippen LogP contribution in [0, 0.1) is 5.82 Å². The highest BCUT2D eigenvalue weighted by Gasteiger charge is 2.34. The molecule has 1 aliphatic carbocycles. The van der Waals surface area contributed by atoms with Crippen molar-refractivity contribution in [2.24, 2.45) is 5.73 Å². The normalized spacial score (nSPS) is 16.5. The standard InChI is InChI=1S/C16H24FN3O/c1-11(2)20(3)14-6-5-12(9-13(14)17)19-15(21)10-16(18)7-4-8-16/h5-6,9,11H,4,7-8,10,18H2,1-3H3,(H,19,21). The molecule has 1 aromatic rings. The maximum atomic E-state index is 14.1. The molecule has 0 spiro atoms. The lowest BCUT2D eigenvalue weighted by atomic mass is 9.75. The van der Waals surface area contributed by atoms with Crippen LogP contribution in [0.15, 0.2) is 18.2 Å². The van der Waals surface area contributed by atoms with Gasteiger partial charge in [0.1, 0.15) is 5.82 Å². The van der Waals surface area contributed by atoms with E-state index in [1.54, 1.807) is 12.1 Å². The number of carbonyl (C=O) groups excluding carboxylic acids is 1. The van der Waals surface area contributed by atoms with Gasteiger partial charge in [0.15, 0.2) is 0 Å². The Bertz CT molecular complexity index is 526. The van der Waals surface area contributed by atoms with Crippen molar-refractivity contribution in [2.45, 2.75) is 51.1 Å². The molecule has 0 unspecified atom stereocenters. The fourth-order valence-corrected chi connectivity index (χ4v) is 2.48. The number of nitrogens with zero attached hydrogens (tertiary/aromatic N) is 1. The van der Waals surface area contributed by atoms with Crippen LogP contribution in [0.1, 0.15) is 39.5 Å². The summed E-state index contributed by atoms with van der Waals surface area (Å²) in [5, 5.41) is 2.72. The Kier molecular flexibility index (Phi) is 4.52. The molecule has 1 fully saturated rings. The molecule has 0 aliphatic heterocycles. The number of rotatable bonds is 5. The molecule has 1 amide bonds. The number of nitrogens with two attached hydrogens (primary N) is 1. The first-order valence-corrected chi connectivity index (χ1v) is 7.42. The Balaban J connectivity index is 2.01. The molecular weight excluding hydrogens is 269 g/mol. The zero-order chi connectivity index (χ0) is 15.6. The molecule has 2 rings (SSSR count). The van der Waals surface area contributed by atoms with Gasteiger partial charge >= 0.3 is 0 Å². The van der Waals surface area contributed by atoms with E-state index in [9.17, 15) is 9.18 Å². The van der Waals surface area contributed by atoms with Gasteiger partial charge in [0.25, 0.3) is 0 Å². The van der Waals surface area contributed by atoms with Crippen LogP contribution in [0.25, 0.3) is 0 Å². The summed E-state index contributed by atoms with van der Waals surface area (Å²) in [4.78, 5) is 13.8. The summed E-state index contributed by atoms with van der Waals surface area (Å²) in [5.41, 5.74) is 6.68. The average molecular weight is 293 g/mol. The van der Waals surface area contributed by atoms with Crippen molar-refractivity contribution in [1.82, 2.24) is 0 Å². The summed E-state index contributed by atoms with van der Waals surface area (Å²) in [7, 11) is 1.84. The van der Waals surface area contributed by atoms with Crippen molar-refractivity contribution in [3.05, 3.63) is 24.0 Å². The minimum absolute atomic E-state index is 0.151. The van der Waals surface area contributed by atoms with E-state index < -0.39 is 0 Å². The Morgan fingerprint density at radius 1 is 1.48 bits per heavy atom. The topological polar surface area (TPSA) is 58.4 Å². The van der Waals surface area contributed by atoms with Gasteiger partial charge in [0.2, 0.25) is 5.91 Å². The molecule has 0 atom stereocenters. The maximum Gasteiger partial charge on any atom is 0.226 e. The number of hydrogen-bond donors (Lipinski definition) is 2. The first-order chi connectivity index (χ1) is 9.81. The molecule has 1 aromatic carbocycles. The highest BCUT2D eigenvalue weighted by atomic mass is 19.1. The third-order valence-electron chi connectivity index (χ3n) is 4.25. The lowest BCUT2D eigenvalue weighted by Crippen LogP contribution is -2.48. The SMILES string of the molecule is CC(C)N(C)c1ccc(NC(=O)CC2(N)CCC2)cc1F. The van der Waals surface area contributed by atoms with Gasteiger partial charge in [-0.3, -0.25) is 4.79 Å². The summed E-state index contributed by atoms with van der Waals surface area (Å²) in [6.07, 6.45) is 3.14. The van der Waals surface area contributed by atoms with Gasteiger partial charge in [-0.1, -0.05) is 0 Å². The molecular formula is C16H24FN3O. The average Bonchev–Trinajstić information content (AvgIpc) is 2.36. The van der Waals surface area contributed by atoms with Crippen LogP contribution in [0.3, 0.4) is 0 Å². The molecule has 1 aliphatic rings. The minimum Gasteiger partial charge on any atom is -0.370 e. The number of carbonyl (C=O) groups is 1. The maximum absolute atomic E-state index is 14.1. The van der Waals surface area contributed by atoms with E-state index in [0.717, 1.165) is 19.3 Å². The van der Waals surface area contributed by atoms with E-state index in [1.165, 1.54) is 6.07 Å². The van der Waals surface area contributed by atoms with E-state index >= 15 is 0 Å². The zero-order valence-corrected chi connectivity index (χ0v) is 12.9. The second-order valence-electron chi connectivity index (χ2n) is 6.31. The third-order valence-corrected chi connectivity index (χ3v) is 4.25. The number of anilines is 2. The summed E-state index contributed by atoms with van der Waals surface area (Å²) < 4.78 is 14.1. The van der Waals surface area contributed by atoms with Crippen LogP contribution in [0.5, 0.6) is 0 Å². The molecule has 5 heteroatoms. The number of benzene rings is 1. The van der Waals surface area contributed by atoms with E-state index in [2.05, 4.69) is 5.32 Å². The molecule has 21 heavy (non-hydrogen) atoms. The molecule has 4 nitrogen and oxygen atoms in total. The molecule has 0 saturated heterocycles. The fourth-order valence-electron chi connectivity index (χ4n) is 2.48. The number of halogens is 1. The molecule has 116 valence electrons. The molecule has 1 saturated carbocycles. The van der Waals surface area contributed by atoms with Crippen LogP contribution >= 0.6 is 0 Å². The van der Waals surface area contributed by atoms with Gasteiger partial charge < -0.3 is 16.0 Å². The van der Waals surface area contributed by atoms with Gasteiger partial charge in [0.05, 0.1) is 5.69 Å². The Hall–Kier alpha value is -1.62. The fraction of sp³-hybridized carbons (Fsp3) is 0.562. The highest BCUT2D eigenvalue weighted by molar-refractivity contribution is 5.91. The monoisotopic (exact) mass is 293 g/mol. The minimum atomic E-state index is -0.361. The predicted molar refractivity (Wildman–Crippen MR) is 84.0 cm³/mol. The van der Waals surface area contributed by atoms with Gasteiger partial charge in [0, 0.05) is 30.7 Å². The van der Waals surface area contributed by atoms with Crippen LogP contribution in [-0.4, -0.2) is 24.5 Å². The van der Waals surface area contributed by atoms with E-state index in [0.29, 0.717) is 17.8 Å².